The number of nitrogens with one attached hydrogen (secondary N) is 1. The molecule has 150 valence electrons. The van der Waals surface area contributed by atoms with Crippen molar-refractivity contribution < 1.29 is 4.39 Å². The third-order valence-electron chi connectivity index (χ3n) is 5.38. The standard InChI is InChI=1S/C24H37FN2/c1-8-11-24(5,6)15-23-18(4)9-10-22(27(23)7)19-12-20(25)14-21(13-19)26-16-17(2)3/h9-10,12-14,17,22,26H,8,11,15-16H2,1-7H3. The number of rotatable bonds is 8. The summed E-state index contributed by atoms with van der Waals surface area (Å²) in [7, 11) is 2.14. The highest BCUT2D eigenvalue weighted by Gasteiger charge is 2.27. The van der Waals surface area contributed by atoms with Gasteiger partial charge in [-0.05, 0) is 60.4 Å². The highest BCUT2D eigenvalue weighted by molar-refractivity contribution is 5.49. The molecule has 1 aromatic rings. The van der Waals surface area contributed by atoms with Crippen LogP contribution in [0.4, 0.5) is 10.1 Å². The maximum absolute atomic E-state index is 14.3. The summed E-state index contributed by atoms with van der Waals surface area (Å²) in [6, 6.07) is 5.41. The molecule has 0 amide bonds. The van der Waals surface area contributed by atoms with E-state index in [1.807, 2.05) is 0 Å². The molecule has 3 heteroatoms. The number of halogens is 1. The molecule has 0 saturated heterocycles. The average Bonchev–Trinajstić information content (AvgIpc) is 2.56. The Hall–Kier alpha value is -1.77. The highest BCUT2D eigenvalue weighted by atomic mass is 19.1. The second-order valence-electron chi connectivity index (χ2n) is 9.18. The Balaban J connectivity index is 2.26. The van der Waals surface area contributed by atoms with Gasteiger partial charge in [0.25, 0.3) is 0 Å². The zero-order valence-electron chi connectivity index (χ0n) is 18.2. The molecule has 1 heterocycles. The molecule has 1 aliphatic heterocycles. The van der Waals surface area contributed by atoms with E-state index in [9.17, 15) is 4.39 Å². The Labute approximate surface area is 165 Å². The van der Waals surface area contributed by atoms with Crippen LogP contribution in [-0.4, -0.2) is 18.5 Å². The minimum absolute atomic E-state index is 0.0661. The molecule has 0 radical (unpaired) electrons. The van der Waals surface area contributed by atoms with Crippen LogP contribution in [0.2, 0.25) is 0 Å². The van der Waals surface area contributed by atoms with Crippen LogP contribution in [0.25, 0.3) is 0 Å². The molecular formula is C24H37FN2. The van der Waals surface area contributed by atoms with Gasteiger partial charge in [-0.1, -0.05) is 53.2 Å². The van der Waals surface area contributed by atoms with Gasteiger partial charge in [-0.3, -0.25) is 0 Å². The summed E-state index contributed by atoms with van der Waals surface area (Å²) in [4.78, 5) is 2.33. The molecule has 1 N–H and O–H groups in total. The van der Waals surface area contributed by atoms with Crippen LogP contribution in [0.5, 0.6) is 0 Å². The Kier molecular flexibility index (Phi) is 7.13. The van der Waals surface area contributed by atoms with Crippen LogP contribution in [0.1, 0.15) is 72.4 Å². The Morgan fingerprint density at radius 2 is 1.93 bits per heavy atom. The number of hydrogen-bond acceptors (Lipinski definition) is 2. The number of nitrogens with zero attached hydrogens (tertiary/aromatic N) is 1. The molecule has 2 rings (SSSR count). The monoisotopic (exact) mass is 372 g/mol. The average molecular weight is 373 g/mol. The maximum atomic E-state index is 14.3. The first-order valence-corrected chi connectivity index (χ1v) is 10.3. The van der Waals surface area contributed by atoms with Gasteiger partial charge >= 0.3 is 0 Å². The SMILES string of the molecule is CCCC(C)(C)CC1=C(C)C=CC(c2cc(F)cc(NCC(C)C)c2)N1C. The van der Waals surface area contributed by atoms with Crippen molar-refractivity contribution in [1.29, 1.82) is 0 Å². The molecule has 2 nitrogen and oxygen atoms in total. The van der Waals surface area contributed by atoms with Gasteiger partial charge in [-0.2, -0.15) is 0 Å². The maximum Gasteiger partial charge on any atom is 0.125 e. The minimum Gasteiger partial charge on any atom is -0.385 e. The Morgan fingerprint density at radius 3 is 2.56 bits per heavy atom. The van der Waals surface area contributed by atoms with Crippen LogP contribution in [-0.2, 0) is 0 Å². The third kappa shape index (κ3) is 5.85. The Bertz CT molecular complexity index is 700. The van der Waals surface area contributed by atoms with Crippen LogP contribution in [0, 0.1) is 17.2 Å². The summed E-state index contributed by atoms with van der Waals surface area (Å²) >= 11 is 0. The number of allylic oxidation sites excluding steroid dienone is 3. The Morgan fingerprint density at radius 1 is 1.22 bits per heavy atom. The number of benzene rings is 1. The minimum atomic E-state index is -0.181. The van der Waals surface area contributed by atoms with E-state index < -0.39 is 0 Å². The number of hydrogen-bond donors (Lipinski definition) is 1. The lowest BCUT2D eigenvalue weighted by Crippen LogP contribution is -2.29. The van der Waals surface area contributed by atoms with Crippen molar-refractivity contribution in [3.63, 3.8) is 0 Å². The second kappa shape index (κ2) is 8.95. The molecule has 1 aromatic carbocycles. The van der Waals surface area contributed by atoms with Crippen molar-refractivity contribution in [1.82, 2.24) is 4.90 Å². The molecular weight excluding hydrogens is 335 g/mol. The highest BCUT2D eigenvalue weighted by Crippen LogP contribution is 2.39. The molecule has 0 saturated carbocycles. The summed E-state index contributed by atoms with van der Waals surface area (Å²) < 4.78 is 14.3. The first kappa shape index (κ1) is 21.5. The van der Waals surface area contributed by atoms with Gasteiger partial charge in [-0.25, -0.2) is 4.39 Å². The van der Waals surface area contributed by atoms with Crippen molar-refractivity contribution in [2.75, 3.05) is 18.9 Å². The van der Waals surface area contributed by atoms with Crippen molar-refractivity contribution >= 4 is 5.69 Å². The lowest BCUT2D eigenvalue weighted by molar-refractivity contribution is 0.260. The quantitative estimate of drug-likeness (QED) is 0.532. The van der Waals surface area contributed by atoms with Crippen LogP contribution in [0.15, 0.2) is 41.6 Å². The summed E-state index contributed by atoms with van der Waals surface area (Å²) in [6.45, 7) is 14.3. The third-order valence-corrected chi connectivity index (χ3v) is 5.38. The fraction of sp³-hybridized carbons (Fsp3) is 0.583. The fourth-order valence-corrected chi connectivity index (χ4v) is 3.93. The first-order valence-electron chi connectivity index (χ1n) is 10.3. The van der Waals surface area contributed by atoms with Gasteiger partial charge in [0.2, 0.25) is 0 Å². The van der Waals surface area contributed by atoms with Crippen LogP contribution >= 0.6 is 0 Å². The normalized spacial score (nSPS) is 17.8. The molecule has 0 spiro atoms. The van der Waals surface area contributed by atoms with E-state index in [-0.39, 0.29) is 17.3 Å². The van der Waals surface area contributed by atoms with E-state index in [4.69, 9.17) is 0 Å². The number of likely N-dealkylation sites (N-methyl/N-ethyl adjacent to an activating group) is 1. The summed E-state index contributed by atoms with van der Waals surface area (Å²) in [5.41, 5.74) is 4.80. The van der Waals surface area contributed by atoms with E-state index in [1.165, 1.54) is 24.1 Å². The zero-order valence-corrected chi connectivity index (χ0v) is 18.2. The van der Waals surface area contributed by atoms with Gasteiger partial charge in [0, 0.05) is 25.0 Å². The first-order chi connectivity index (χ1) is 12.6. The van der Waals surface area contributed by atoms with Crippen LogP contribution in [0.3, 0.4) is 0 Å². The molecule has 0 aliphatic carbocycles. The lowest BCUT2D eigenvalue weighted by Gasteiger charge is -2.38. The van der Waals surface area contributed by atoms with Crippen LogP contribution < -0.4 is 5.32 Å². The molecule has 0 aromatic heterocycles. The molecule has 1 atom stereocenters. The lowest BCUT2D eigenvalue weighted by atomic mass is 9.81. The van der Waals surface area contributed by atoms with Gasteiger partial charge in [0.15, 0.2) is 0 Å². The second-order valence-corrected chi connectivity index (χ2v) is 9.18. The van der Waals surface area contributed by atoms with Crippen molar-refractivity contribution in [2.24, 2.45) is 11.3 Å². The predicted molar refractivity (Wildman–Crippen MR) is 115 cm³/mol. The molecule has 1 aliphatic rings. The van der Waals surface area contributed by atoms with Gasteiger partial charge in [0.05, 0.1) is 6.04 Å². The molecule has 0 fully saturated rings. The summed E-state index contributed by atoms with van der Waals surface area (Å²) in [5, 5.41) is 3.36. The number of anilines is 1. The van der Waals surface area contributed by atoms with Gasteiger partial charge in [0.1, 0.15) is 5.82 Å². The fourth-order valence-electron chi connectivity index (χ4n) is 3.93. The van der Waals surface area contributed by atoms with Crippen molar-refractivity contribution in [3.05, 3.63) is 53.0 Å². The molecule has 0 bridgehead atoms. The van der Waals surface area contributed by atoms with Gasteiger partial charge in [-0.15, -0.1) is 0 Å². The predicted octanol–water partition coefficient (Wildman–Crippen LogP) is 6.93. The topological polar surface area (TPSA) is 15.3 Å². The van der Waals surface area contributed by atoms with E-state index in [1.54, 1.807) is 12.1 Å². The zero-order chi connectivity index (χ0) is 20.2. The smallest absolute Gasteiger partial charge is 0.125 e. The van der Waals surface area contributed by atoms with Gasteiger partial charge < -0.3 is 10.2 Å². The van der Waals surface area contributed by atoms with Crippen molar-refractivity contribution in [2.45, 2.75) is 66.8 Å². The summed E-state index contributed by atoms with van der Waals surface area (Å²) in [6.07, 6.45) is 7.82. The van der Waals surface area contributed by atoms with Crippen molar-refractivity contribution in [3.8, 4) is 0 Å². The van der Waals surface area contributed by atoms with E-state index in [0.717, 1.165) is 24.2 Å². The van der Waals surface area contributed by atoms with E-state index >= 15 is 0 Å². The van der Waals surface area contributed by atoms with E-state index in [0.29, 0.717) is 5.92 Å². The van der Waals surface area contributed by atoms with E-state index in [2.05, 4.69) is 77.0 Å². The largest absolute Gasteiger partial charge is 0.385 e. The summed E-state index contributed by atoms with van der Waals surface area (Å²) in [5.74, 6) is 0.339. The molecule has 1 unspecified atom stereocenters. The molecule has 27 heavy (non-hydrogen) atoms.